The van der Waals surface area contributed by atoms with Crippen molar-refractivity contribution >= 4 is 5.91 Å². The van der Waals surface area contributed by atoms with E-state index < -0.39 is 26.8 Å². The first-order valence-electron chi connectivity index (χ1n) is 5.83. The number of rotatable bonds is 3. The average Bonchev–Trinajstić information content (AvgIpc) is 2.26. The van der Waals surface area contributed by atoms with Crippen molar-refractivity contribution in [1.29, 1.82) is 0 Å². The number of hydrogen-bond donors (Lipinski definition) is 2. The van der Waals surface area contributed by atoms with E-state index in [1.54, 1.807) is 7.05 Å². The lowest BCUT2D eigenvalue weighted by Crippen LogP contribution is -3.15. The maximum atomic E-state index is 11.4. The number of likely N-dealkylation sites (N-methyl/N-ethyl adjacent to an activating group) is 1. The van der Waals surface area contributed by atoms with E-state index in [0.717, 1.165) is 0 Å². The zero-order valence-corrected chi connectivity index (χ0v) is 10.4. The van der Waals surface area contributed by atoms with Crippen molar-refractivity contribution in [3.8, 4) is 0 Å². The van der Waals surface area contributed by atoms with E-state index in [9.17, 15) is 25.0 Å². The molecule has 2 rings (SSSR count). The first kappa shape index (κ1) is 13.4. The fourth-order valence-corrected chi connectivity index (χ4v) is 3.33. The normalized spacial score (nSPS) is 37.3. The summed E-state index contributed by atoms with van der Waals surface area (Å²) in [7, 11) is 1.68. The molecule has 9 nitrogen and oxygen atoms in total. The topological polar surface area (TPSA) is 134 Å². The molecule has 1 aliphatic heterocycles. The van der Waals surface area contributed by atoms with Crippen LogP contribution in [0.15, 0.2) is 11.6 Å². The zero-order chi connectivity index (χ0) is 14.4. The van der Waals surface area contributed by atoms with Gasteiger partial charge in [0.1, 0.15) is 13.0 Å². The highest BCUT2D eigenvalue weighted by atomic mass is 16.6. The van der Waals surface area contributed by atoms with Gasteiger partial charge in [-0.15, -0.1) is 0 Å². The molecule has 2 aliphatic rings. The lowest BCUT2D eigenvalue weighted by molar-refractivity contribution is -0.926. The van der Waals surface area contributed by atoms with Gasteiger partial charge in [-0.25, -0.2) is 0 Å². The number of hydrogen-bond acceptors (Lipinski definition) is 5. The Morgan fingerprint density at radius 2 is 2.00 bits per heavy atom. The molecule has 0 radical (unpaired) electrons. The Morgan fingerprint density at radius 3 is 2.47 bits per heavy atom. The van der Waals surface area contributed by atoms with E-state index >= 15 is 0 Å². The van der Waals surface area contributed by atoms with Crippen molar-refractivity contribution in [3.05, 3.63) is 31.9 Å². The second-order valence-corrected chi connectivity index (χ2v) is 5.54. The predicted molar refractivity (Wildman–Crippen MR) is 62.6 cm³/mol. The van der Waals surface area contributed by atoms with Crippen molar-refractivity contribution in [3.63, 3.8) is 0 Å². The van der Waals surface area contributed by atoms with Gasteiger partial charge in [-0.1, -0.05) is 0 Å². The second-order valence-electron chi connectivity index (χ2n) is 5.54. The van der Waals surface area contributed by atoms with Gasteiger partial charge in [0.05, 0.1) is 13.5 Å². The minimum Gasteiger partial charge on any atom is -0.366 e. The third-order valence-electron chi connectivity index (χ3n) is 3.90. The van der Waals surface area contributed by atoms with Gasteiger partial charge >= 0.3 is 0 Å². The van der Waals surface area contributed by atoms with Gasteiger partial charge in [-0.2, -0.15) is 0 Å². The molecule has 2 bridgehead atoms. The average molecular weight is 271 g/mol. The molecule has 0 aromatic carbocycles. The Morgan fingerprint density at radius 1 is 1.37 bits per heavy atom. The summed E-state index contributed by atoms with van der Waals surface area (Å²) in [5.74, 6) is -0.822. The number of nitrogens with one attached hydrogen (secondary N) is 1. The van der Waals surface area contributed by atoms with Crippen molar-refractivity contribution in [2.24, 2.45) is 5.73 Å². The van der Waals surface area contributed by atoms with Gasteiger partial charge in [0.25, 0.3) is 11.1 Å². The number of carbonyl (C=O) groups excluding carboxylic acids is 1. The Labute approximate surface area is 108 Å². The standard InChI is InChI=1S/C10H14N4O5/c1-12-5-9(13(16)17)2-7(8(11)15)3-10(4-9,6-12)14(18)19/h2H,3-6H2,1H3,(H2,11,15)/p+1/t9-,10-/m0/s1. The molecule has 19 heavy (non-hydrogen) atoms. The van der Waals surface area contributed by atoms with Crippen LogP contribution in [-0.4, -0.2) is 47.0 Å². The molecule has 104 valence electrons. The van der Waals surface area contributed by atoms with Gasteiger partial charge in [0.15, 0.2) is 6.54 Å². The molecule has 9 heteroatoms. The van der Waals surface area contributed by atoms with Crippen LogP contribution < -0.4 is 10.6 Å². The lowest BCUT2D eigenvalue weighted by Gasteiger charge is -2.41. The summed E-state index contributed by atoms with van der Waals surface area (Å²) in [5, 5.41) is 22.7. The summed E-state index contributed by atoms with van der Waals surface area (Å²) >= 11 is 0. The number of piperidine rings is 1. The van der Waals surface area contributed by atoms with Crippen LogP contribution in [0.25, 0.3) is 0 Å². The third-order valence-corrected chi connectivity index (χ3v) is 3.90. The van der Waals surface area contributed by atoms with Crippen molar-refractivity contribution in [2.45, 2.75) is 23.9 Å². The predicted octanol–water partition coefficient (Wildman–Crippen LogP) is -2.25. The van der Waals surface area contributed by atoms with Crippen LogP contribution in [-0.2, 0) is 4.79 Å². The molecule has 0 saturated carbocycles. The molecule has 1 amide bonds. The third kappa shape index (κ3) is 1.95. The number of nitrogens with two attached hydrogens (primary N) is 1. The van der Waals surface area contributed by atoms with Crippen molar-refractivity contribution < 1.29 is 19.5 Å². The van der Waals surface area contributed by atoms with Crippen LogP contribution >= 0.6 is 0 Å². The highest BCUT2D eigenvalue weighted by molar-refractivity contribution is 5.92. The first-order chi connectivity index (χ1) is 8.71. The maximum Gasteiger partial charge on any atom is 0.295 e. The number of fused-ring (bicyclic) bond motifs is 2. The molecule has 1 aliphatic carbocycles. The molecule has 1 saturated heterocycles. The van der Waals surface area contributed by atoms with Gasteiger partial charge in [-0.3, -0.25) is 25.0 Å². The molecule has 1 unspecified atom stereocenters. The van der Waals surface area contributed by atoms with Gasteiger partial charge in [0, 0.05) is 21.5 Å². The number of primary amides is 1. The smallest absolute Gasteiger partial charge is 0.295 e. The number of likely N-dealkylation sites (tertiary alicyclic amines) is 1. The first-order valence-corrected chi connectivity index (χ1v) is 5.83. The molecule has 3 N–H and O–H groups in total. The van der Waals surface area contributed by atoms with Gasteiger partial charge in [-0.05, 0) is 0 Å². The van der Waals surface area contributed by atoms with Crippen LogP contribution in [0.1, 0.15) is 12.8 Å². The molecule has 0 spiro atoms. The SMILES string of the molecule is C[NH+]1C[C@]2([N+](=O)[O-])C=C(C(N)=O)C[C@@]([N+](=O)[O-])(C1)C2. The van der Waals surface area contributed by atoms with E-state index in [2.05, 4.69) is 0 Å². The van der Waals surface area contributed by atoms with Crippen LogP contribution in [0, 0.1) is 20.2 Å². The van der Waals surface area contributed by atoms with E-state index in [1.165, 1.54) is 6.08 Å². The summed E-state index contributed by atoms with van der Waals surface area (Å²) in [4.78, 5) is 33.7. The molecule has 1 heterocycles. The summed E-state index contributed by atoms with van der Waals surface area (Å²) in [6, 6.07) is 0. The number of carbonyl (C=O) groups is 1. The Bertz CT molecular complexity index is 504. The quantitative estimate of drug-likeness (QED) is 0.442. The fourth-order valence-electron chi connectivity index (χ4n) is 3.33. The molecule has 0 aromatic rings. The number of amides is 1. The fraction of sp³-hybridized carbons (Fsp3) is 0.700. The number of quaternary nitrogens is 1. The van der Waals surface area contributed by atoms with Crippen molar-refractivity contribution in [1.82, 2.24) is 0 Å². The van der Waals surface area contributed by atoms with E-state index in [0.29, 0.717) is 4.90 Å². The van der Waals surface area contributed by atoms with Crippen LogP contribution in [0.5, 0.6) is 0 Å². The maximum absolute atomic E-state index is 11.4. The van der Waals surface area contributed by atoms with E-state index in [1.807, 2.05) is 0 Å². The van der Waals surface area contributed by atoms with Gasteiger partial charge in [0.2, 0.25) is 5.91 Å². The molecular weight excluding hydrogens is 256 g/mol. The largest absolute Gasteiger partial charge is 0.366 e. The second kappa shape index (κ2) is 3.98. The number of nitrogens with zero attached hydrogens (tertiary/aromatic N) is 2. The van der Waals surface area contributed by atoms with E-state index in [4.69, 9.17) is 5.73 Å². The Kier molecular flexibility index (Phi) is 2.81. The monoisotopic (exact) mass is 271 g/mol. The zero-order valence-electron chi connectivity index (χ0n) is 10.4. The van der Waals surface area contributed by atoms with Crippen LogP contribution in [0.3, 0.4) is 0 Å². The summed E-state index contributed by atoms with van der Waals surface area (Å²) in [5.41, 5.74) is 2.11. The summed E-state index contributed by atoms with van der Waals surface area (Å²) < 4.78 is 0. The highest BCUT2D eigenvalue weighted by Gasteiger charge is 2.66. The number of nitro groups is 2. The van der Waals surface area contributed by atoms with Gasteiger partial charge < -0.3 is 10.6 Å². The van der Waals surface area contributed by atoms with Crippen LogP contribution in [0.4, 0.5) is 0 Å². The Balaban J connectivity index is 2.58. The minimum atomic E-state index is -1.57. The van der Waals surface area contributed by atoms with Crippen LogP contribution in [0.2, 0.25) is 0 Å². The molecule has 0 aromatic heterocycles. The Hall–Kier alpha value is -2.03. The lowest BCUT2D eigenvalue weighted by atomic mass is 9.69. The highest BCUT2D eigenvalue weighted by Crippen LogP contribution is 2.39. The summed E-state index contributed by atoms with van der Waals surface area (Å²) in [6.45, 7) is 0.270. The molecule has 1 fully saturated rings. The van der Waals surface area contributed by atoms with E-state index in [-0.39, 0.29) is 31.5 Å². The molecular formula is C10H15N4O5+. The van der Waals surface area contributed by atoms with Crippen molar-refractivity contribution in [2.75, 3.05) is 20.1 Å². The minimum absolute atomic E-state index is 0.00727. The summed E-state index contributed by atoms with van der Waals surface area (Å²) in [6.07, 6.45) is 0.899. The molecule has 3 atom stereocenters.